The first-order chi connectivity index (χ1) is 11.6. The summed E-state index contributed by atoms with van der Waals surface area (Å²) in [6, 6.07) is -1.00. The lowest BCUT2D eigenvalue weighted by Gasteiger charge is -2.28. The number of likely N-dealkylation sites (tertiary alicyclic amines) is 1. The van der Waals surface area contributed by atoms with Crippen LogP contribution >= 0.6 is 0 Å². The van der Waals surface area contributed by atoms with Crippen LogP contribution in [0.5, 0.6) is 0 Å². The molecule has 25 heavy (non-hydrogen) atoms. The lowest BCUT2D eigenvalue weighted by atomic mass is 10.0. The van der Waals surface area contributed by atoms with Crippen molar-refractivity contribution in [1.82, 2.24) is 10.2 Å². The van der Waals surface area contributed by atoms with Crippen LogP contribution in [-0.4, -0.2) is 54.2 Å². The molecule has 0 unspecified atom stereocenters. The molecule has 7 heteroatoms. The molecule has 0 aromatic carbocycles. The minimum Gasteiger partial charge on any atom is -0.464 e. The summed E-state index contributed by atoms with van der Waals surface area (Å²) in [4.78, 5) is 38.3. The Morgan fingerprint density at radius 2 is 1.76 bits per heavy atom. The predicted octanol–water partition coefficient (Wildman–Crippen LogP) is 2.40. The van der Waals surface area contributed by atoms with E-state index in [1.54, 1.807) is 32.6 Å². The molecule has 0 aromatic heterocycles. The highest BCUT2D eigenvalue weighted by Gasteiger charge is 2.29. The normalized spacial score (nSPS) is 15.9. The van der Waals surface area contributed by atoms with Crippen molar-refractivity contribution in [3.63, 3.8) is 0 Å². The number of alkyl carbamates (subject to hydrolysis) is 1. The number of piperidine rings is 1. The minimum atomic E-state index is -1.00. The average Bonchev–Trinajstić information content (AvgIpc) is 2.52. The van der Waals surface area contributed by atoms with E-state index in [9.17, 15) is 14.4 Å². The van der Waals surface area contributed by atoms with E-state index in [4.69, 9.17) is 9.47 Å². The van der Waals surface area contributed by atoms with E-state index in [1.165, 1.54) is 0 Å². The zero-order valence-electron chi connectivity index (χ0n) is 15.7. The zero-order valence-corrected chi connectivity index (χ0v) is 15.7. The molecule has 142 valence electrons. The fraction of sp³-hybridized carbons (Fsp3) is 0.722. The van der Waals surface area contributed by atoms with Gasteiger partial charge in [0.2, 0.25) is 5.91 Å². The number of rotatable bonds is 6. The molecule has 1 heterocycles. The van der Waals surface area contributed by atoms with Gasteiger partial charge in [-0.05, 0) is 47.0 Å². The maximum absolute atomic E-state index is 12.5. The lowest BCUT2D eigenvalue weighted by Crippen LogP contribution is -2.45. The second-order valence-electron chi connectivity index (χ2n) is 7.11. The quantitative estimate of drug-likeness (QED) is 0.585. The maximum atomic E-state index is 12.5. The van der Waals surface area contributed by atoms with Crippen molar-refractivity contribution in [3.8, 4) is 0 Å². The van der Waals surface area contributed by atoms with Crippen LogP contribution in [0.25, 0.3) is 0 Å². The van der Waals surface area contributed by atoms with Crippen LogP contribution in [0.15, 0.2) is 12.2 Å². The SMILES string of the molecule is C=C(C[C@H](NC(=O)OC(C)(C)C)C(=O)OCC)C(=O)N1CCCCC1. The summed E-state index contributed by atoms with van der Waals surface area (Å²) in [6.45, 7) is 12.2. The first-order valence-corrected chi connectivity index (χ1v) is 8.77. The van der Waals surface area contributed by atoms with Crippen molar-refractivity contribution >= 4 is 18.0 Å². The molecular formula is C18H30N2O5. The van der Waals surface area contributed by atoms with Gasteiger partial charge >= 0.3 is 12.1 Å². The van der Waals surface area contributed by atoms with Gasteiger partial charge in [-0.2, -0.15) is 0 Å². The predicted molar refractivity (Wildman–Crippen MR) is 94.0 cm³/mol. The first kappa shape index (κ1) is 21.0. The van der Waals surface area contributed by atoms with E-state index >= 15 is 0 Å². The van der Waals surface area contributed by atoms with E-state index in [0.29, 0.717) is 13.1 Å². The molecule has 1 N–H and O–H groups in total. The van der Waals surface area contributed by atoms with Crippen molar-refractivity contribution in [2.75, 3.05) is 19.7 Å². The Morgan fingerprint density at radius 1 is 1.16 bits per heavy atom. The van der Waals surface area contributed by atoms with E-state index in [-0.39, 0.29) is 24.5 Å². The van der Waals surface area contributed by atoms with Crippen molar-refractivity contribution in [3.05, 3.63) is 12.2 Å². The first-order valence-electron chi connectivity index (χ1n) is 8.77. The third kappa shape index (κ3) is 7.58. The standard InChI is InChI=1S/C18H30N2O5/c1-6-24-16(22)14(19-17(23)25-18(3,4)5)12-13(2)15(21)20-10-8-7-9-11-20/h14H,2,6-12H2,1,3-5H3,(H,19,23)/t14-/m0/s1. The Labute approximate surface area is 149 Å². The Balaban J connectivity index is 2.71. The molecule has 0 radical (unpaired) electrons. The summed E-state index contributed by atoms with van der Waals surface area (Å²) in [5.41, 5.74) is -0.416. The van der Waals surface area contributed by atoms with Crippen molar-refractivity contribution in [2.45, 2.75) is 65.0 Å². The van der Waals surface area contributed by atoms with Crippen LogP contribution in [0.4, 0.5) is 4.79 Å². The molecule has 1 saturated heterocycles. The summed E-state index contributed by atoms with van der Waals surface area (Å²) in [6.07, 6.45) is 2.31. The number of esters is 1. The van der Waals surface area contributed by atoms with Crippen molar-refractivity contribution in [2.24, 2.45) is 0 Å². The van der Waals surface area contributed by atoms with Crippen LogP contribution in [0.3, 0.4) is 0 Å². The topological polar surface area (TPSA) is 84.9 Å². The van der Waals surface area contributed by atoms with Gasteiger partial charge in [0.1, 0.15) is 11.6 Å². The van der Waals surface area contributed by atoms with Crippen molar-refractivity contribution < 1.29 is 23.9 Å². The summed E-state index contributed by atoms with van der Waals surface area (Å²) in [5, 5.41) is 2.48. The van der Waals surface area contributed by atoms with Gasteiger partial charge in [-0.15, -0.1) is 0 Å². The number of nitrogens with zero attached hydrogens (tertiary/aromatic N) is 1. The molecule has 1 fully saturated rings. The smallest absolute Gasteiger partial charge is 0.408 e. The van der Waals surface area contributed by atoms with E-state index in [2.05, 4.69) is 11.9 Å². The highest BCUT2D eigenvalue weighted by Crippen LogP contribution is 2.15. The number of carbonyl (C=O) groups is 3. The summed E-state index contributed by atoms with van der Waals surface area (Å²) >= 11 is 0. The molecule has 0 saturated carbocycles. The Hall–Kier alpha value is -2.05. The van der Waals surface area contributed by atoms with Gasteiger partial charge in [-0.25, -0.2) is 9.59 Å². The minimum absolute atomic E-state index is 0.00654. The van der Waals surface area contributed by atoms with Gasteiger partial charge in [0.15, 0.2) is 0 Å². The molecule has 7 nitrogen and oxygen atoms in total. The zero-order chi connectivity index (χ0) is 19.0. The number of carbonyl (C=O) groups excluding carboxylic acids is 3. The van der Waals surface area contributed by atoms with Gasteiger partial charge < -0.3 is 19.7 Å². The number of amides is 2. The number of hydrogen-bond donors (Lipinski definition) is 1. The molecule has 0 spiro atoms. The highest BCUT2D eigenvalue weighted by atomic mass is 16.6. The van der Waals surface area contributed by atoms with E-state index < -0.39 is 23.7 Å². The molecule has 0 bridgehead atoms. The molecule has 1 aliphatic rings. The van der Waals surface area contributed by atoms with Gasteiger partial charge in [-0.3, -0.25) is 4.79 Å². The fourth-order valence-electron chi connectivity index (χ4n) is 2.54. The second-order valence-corrected chi connectivity index (χ2v) is 7.11. The third-order valence-electron chi connectivity index (χ3n) is 3.66. The van der Waals surface area contributed by atoms with Crippen LogP contribution in [-0.2, 0) is 19.1 Å². The molecule has 2 amide bonds. The molecule has 1 rings (SSSR count). The number of nitrogens with one attached hydrogen (secondary N) is 1. The monoisotopic (exact) mass is 354 g/mol. The fourth-order valence-corrected chi connectivity index (χ4v) is 2.54. The van der Waals surface area contributed by atoms with Gasteiger partial charge in [0.05, 0.1) is 6.61 Å². The summed E-state index contributed by atoms with van der Waals surface area (Å²) < 4.78 is 10.2. The summed E-state index contributed by atoms with van der Waals surface area (Å²) in [7, 11) is 0. The van der Waals surface area contributed by atoms with Crippen LogP contribution in [0.2, 0.25) is 0 Å². The van der Waals surface area contributed by atoms with E-state index in [0.717, 1.165) is 19.3 Å². The Kier molecular flexibility index (Phi) is 7.93. The molecular weight excluding hydrogens is 324 g/mol. The number of hydrogen-bond acceptors (Lipinski definition) is 5. The van der Waals surface area contributed by atoms with Gasteiger partial charge in [-0.1, -0.05) is 6.58 Å². The van der Waals surface area contributed by atoms with Crippen molar-refractivity contribution in [1.29, 1.82) is 0 Å². The number of ether oxygens (including phenoxy) is 2. The second kappa shape index (κ2) is 9.44. The van der Waals surface area contributed by atoms with Crippen LogP contribution < -0.4 is 5.32 Å². The molecule has 0 aliphatic carbocycles. The van der Waals surface area contributed by atoms with Gasteiger partial charge in [0, 0.05) is 25.1 Å². The van der Waals surface area contributed by atoms with Crippen LogP contribution in [0.1, 0.15) is 53.4 Å². The lowest BCUT2D eigenvalue weighted by molar-refractivity contribution is -0.145. The largest absolute Gasteiger partial charge is 0.464 e. The molecule has 0 aromatic rings. The van der Waals surface area contributed by atoms with E-state index in [1.807, 2.05) is 0 Å². The Bertz CT molecular complexity index is 504. The van der Waals surface area contributed by atoms with Gasteiger partial charge in [0.25, 0.3) is 0 Å². The van der Waals surface area contributed by atoms with Crippen LogP contribution in [0, 0.1) is 0 Å². The Morgan fingerprint density at radius 3 is 2.28 bits per heavy atom. The third-order valence-corrected chi connectivity index (χ3v) is 3.66. The summed E-state index contributed by atoms with van der Waals surface area (Å²) in [5.74, 6) is -0.791. The molecule has 1 aliphatic heterocycles. The maximum Gasteiger partial charge on any atom is 0.408 e. The average molecular weight is 354 g/mol. The molecule has 1 atom stereocenters. The highest BCUT2D eigenvalue weighted by molar-refractivity contribution is 5.94.